The number of likely N-dealkylation sites (N-methyl/N-ethyl adjacent to an activating group) is 1. The van der Waals surface area contributed by atoms with E-state index in [1.807, 2.05) is 0 Å². The Morgan fingerprint density at radius 2 is 2.15 bits per heavy atom. The molecule has 0 spiro atoms. The van der Waals surface area contributed by atoms with Crippen LogP contribution in [0.1, 0.15) is 24.8 Å². The molecule has 0 radical (unpaired) electrons. The van der Waals surface area contributed by atoms with Gasteiger partial charge in [-0.1, -0.05) is 17.7 Å². The fraction of sp³-hybridized carbons (Fsp3) is 0.571. The fourth-order valence-corrected chi connectivity index (χ4v) is 2.92. The van der Waals surface area contributed by atoms with Gasteiger partial charge in [0.05, 0.1) is 15.5 Å². The quantitative estimate of drug-likeness (QED) is 0.648. The Kier molecular flexibility index (Phi) is 4.62. The number of nitro groups is 1. The molecule has 1 aromatic rings. The molecule has 6 heteroatoms. The molecule has 0 bridgehead atoms. The third-order valence-electron chi connectivity index (χ3n) is 4.28. The number of rotatable bonds is 6. The van der Waals surface area contributed by atoms with Crippen LogP contribution in [0.15, 0.2) is 18.2 Å². The zero-order valence-corrected chi connectivity index (χ0v) is 12.6. The molecule has 1 saturated carbocycles. The van der Waals surface area contributed by atoms with Crippen LogP contribution in [0.4, 0.5) is 5.69 Å². The SMILES string of the molecule is CN(C)C1(CNCc2c(Cl)cccc2[N+](=O)[O-])CCC1. The van der Waals surface area contributed by atoms with Crippen molar-refractivity contribution in [2.75, 3.05) is 20.6 Å². The maximum Gasteiger partial charge on any atom is 0.275 e. The van der Waals surface area contributed by atoms with Crippen LogP contribution in [-0.2, 0) is 6.54 Å². The van der Waals surface area contributed by atoms with Crippen LogP contribution in [0, 0.1) is 10.1 Å². The third-order valence-corrected chi connectivity index (χ3v) is 4.63. The minimum atomic E-state index is -0.381. The van der Waals surface area contributed by atoms with Gasteiger partial charge in [0, 0.05) is 24.7 Å². The van der Waals surface area contributed by atoms with Gasteiger partial charge in [0.1, 0.15) is 0 Å². The molecule has 0 unspecified atom stereocenters. The Labute approximate surface area is 124 Å². The van der Waals surface area contributed by atoms with Gasteiger partial charge in [-0.3, -0.25) is 10.1 Å². The van der Waals surface area contributed by atoms with Gasteiger partial charge in [0.15, 0.2) is 0 Å². The normalized spacial score (nSPS) is 17.0. The van der Waals surface area contributed by atoms with Crippen molar-refractivity contribution in [3.05, 3.63) is 38.9 Å². The van der Waals surface area contributed by atoms with Crippen molar-refractivity contribution >= 4 is 17.3 Å². The highest BCUT2D eigenvalue weighted by Gasteiger charge is 2.38. The minimum absolute atomic E-state index is 0.0810. The topological polar surface area (TPSA) is 58.4 Å². The standard InChI is InChI=1S/C14H20ClN3O2/c1-17(2)14(7-4-8-14)10-16-9-11-12(15)5-3-6-13(11)18(19)20/h3,5-6,16H,4,7-10H2,1-2H3. The second-order valence-corrected chi connectivity index (χ2v) is 5.98. The van der Waals surface area contributed by atoms with Crippen LogP contribution in [0.25, 0.3) is 0 Å². The summed E-state index contributed by atoms with van der Waals surface area (Å²) < 4.78 is 0. The molecule has 1 fully saturated rings. The van der Waals surface area contributed by atoms with Crippen LogP contribution in [0.3, 0.4) is 0 Å². The first kappa shape index (κ1) is 15.2. The lowest BCUT2D eigenvalue weighted by Gasteiger charge is -2.47. The highest BCUT2D eigenvalue weighted by molar-refractivity contribution is 6.31. The number of nitro benzene ring substituents is 1. The van der Waals surface area contributed by atoms with E-state index >= 15 is 0 Å². The van der Waals surface area contributed by atoms with Crippen molar-refractivity contribution in [3.8, 4) is 0 Å². The van der Waals surface area contributed by atoms with Crippen LogP contribution < -0.4 is 5.32 Å². The van der Waals surface area contributed by atoms with Crippen molar-refractivity contribution in [2.45, 2.75) is 31.3 Å². The van der Waals surface area contributed by atoms with Crippen LogP contribution in [0.2, 0.25) is 5.02 Å². The van der Waals surface area contributed by atoms with Gasteiger partial charge in [0.2, 0.25) is 0 Å². The van der Waals surface area contributed by atoms with Crippen molar-refractivity contribution in [1.82, 2.24) is 10.2 Å². The van der Waals surface area contributed by atoms with E-state index < -0.39 is 0 Å². The van der Waals surface area contributed by atoms with E-state index in [0.29, 0.717) is 17.1 Å². The summed E-state index contributed by atoms with van der Waals surface area (Å²) in [7, 11) is 4.16. The molecule has 1 N–H and O–H groups in total. The molecule has 0 aromatic heterocycles. The van der Waals surface area contributed by atoms with E-state index in [-0.39, 0.29) is 16.1 Å². The maximum atomic E-state index is 11.0. The Hall–Kier alpha value is -1.17. The van der Waals surface area contributed by atoms with Crippen molar-refractivity contribution in [1.29, 1.82) is 0 Å². The molecule has 110 valence electrons. The van der Waals surface area contributed by atoms with Gasteiger partial charge in [-0.25, -0.2) is 0 Å². The summed E-state index contributed by atoms with van der Waals surface area (Å²) in [5.74, 6) is 0. The number of hydrogen-bond acceptors (Lipinski definition) is 4. The summed E-state index contributed by atoms with van der Waals surface area (Å²) in [6.07, 6.45) is 3.57. The highest BCUT2D eigenvalue weighted by Crippen LogP contribution is 2.35. The highest BCUT2D eigenvalue weighted by atomic mass is 35.5. The first-order valence-electron chi connectivity index (χ1n) is 6.76. The summed E-state index contributed by atoms with van der Waals surface area (Å²) in [5, 5.41) is 14.8. The molecule has 0 heterocycles. The predicted octanol–water partition coefficient (Wildman–Crippen LogP) is 2.82. The lowest BCUT2D eigenvalue weighted by molar-refractivity contribution is -0.385. The van der Waals surface area contributed by atoms with Crippen molar-refractivity contribution in [3.63, 3.8) is 0 Å². The van der Waals surface area contributed by atoms with E-state index in [2.05, 4.69) is 24.3 Å². The summed E-state index contributed by atoms with van der Waals surface area (Å²) in [4.78, 5) is 12.9. The van der Waals surface area contributed by atoms with Crippen molar-refractivity contribution < 1.29 is 4.92 Å². The monoisotopic (exact) mass is 297 g/mol. The molecule has 5 nitrogen and oxygen atoms in total. The van der Waals surface area contributed by atoms with Crippen LogP contribution >= 0.6 is 11.6 Å². The molecular weight excluding hydrogens is 278 g/mol. The molecule has 1 aliphatic carbocycles. The number of nitrogens with one attached hydrogen (secondary N) is 1. The molecule has 0 atom stereocenters. The van der Waals surface area contributed by atoms with E-state index in [4.69, 9.17) is 11.6 Å². The summed E-state index contributed by atoms with van der Waals surface area (Å²) in [6, 6.07) is 4.79. The van der Waals surface area contributed by atoms with Gasteiger partial charge in [-0.2, -0.15) is 0 Å². The second-order valence-electron chi connectivity index (χ2n) is 5.57. The molecule has 20 heavy (non-hydrogen) atoms. The molecule has 0 saturated heterocycles. The largest absolute Gasteiger partial charge is 0.311 e. The average Bonchev–Trinajstić information content (AvgIpc) is 2.33. The Morgan fingerprint density at radius 1 is 1.45 bits per heavy atom. The van der Waals surface area contributed by atoms with Crippen LogP contribution in [-0.4, -0.2) is 36.0 Å². The van der Waals surface area contributed by atoms with Gasteiger partial charge in [-0.05, 0) is 39.4 Å². The number of nitrogens with zero attached hydrogens (tertiary/aromatic N) is 2. The Bertz CT molecular complexity index is 501. The number of hydrogen-bond donors (Lipinski definition) is 1. The predicted molar refractivity (Wildman–Crippen MR) is 80.1 cm³/mol. The van der Waals surface area contributed by atoms with Gasteiger partial charge in [0.25, 0.3) is 5.69 Å². The summed E-state index contributed by atoms with van der Waals surface area (Å²) in [6.45, 7) is 1.24. The number of halogens is 1. The molecule has 0 aliphatic heterocycles. The first-order chi connectivity index (χ1) is 9.46. The van der Waals surface area contributed by atoms with E-state index in [1.54, 1.807) is 12.1 Å². The maximum absolute atomic E-state index is 11.0. The molecule has 1 aromatic carbocycles. The van der Waals surface area contributed by atoms with Crippen molar-refractivity contribution in [2.24, 2.45) is 0 Å². The Morgan fingerprint density at radius 3 is 2.65 bits per heavy atom. The van der Waals surface area contributed by atoms with Gasteiger partial charge >= 0.3 is 0 Å². The molecule has 1 aliphatic rings. The van der Waals surface area contributed by atoms with Gasteiger partial charge < -0.3 is 10.2 Å². The zero-order chi connectivity index (χ0) is 14.8. The zero-order valence-electron chi connectivity index (χ0n) is 11.9. The van der Waals surface area contributed by atoms with E-state index in [9.17, 15) is 10.1 Å². The summed E-state index contributed by atoms with van der Waals surface area (Å²) in [5.41, 5.74) is 0.834. The molecule has 2 rings (SSSR count). The van der Waals surface area contributed by atoms with E-state index in [1.165, 1.54) is 12.5 Å². The fourth-order valence-electron chi connectivity index (χ4n) is 2.68. The average molecular weight is 298 g/mol. The lowest BCUT2D eigenvalue weighted by Crippen LogP contribution is -2.56. The lowest BCUT2D eigenvalue weighted by atomic mass is 9.75. The molecule has 0 amide bonds. The minimum Gasteiger partial charge on any atom is -0.311 e. The van der Waals surface area contributed by atoms with E-state index in [0.717, 1.165) is 19.4 Å². The smallest absolute Gasteiger partial charge is 0.275 e. The second kappa shape index (κ2) is 6.08. The Balaban J connectivity index is 2.03. The molecular formula is C14H20ClN3O2. The van der Waals surface area contributed by atoms with Crippen LogP contribution in [0.5, 0.6) is 0 Å². The number of benzene rings is 1. The third kappa shape index (κ3) is 2.95. The van der Waals surface area contributed by atoms with Gasteiger partial charge in [-0.15, -0.1) is 0 Å². The first-order valence-corrected chi connectivity index (χ1v) is 7.14. The summed E-state index contributed by atoms with van der Waals surface area (Å²) >= 11 is 6.08.